The summed E-state index contributed by atoms with van der Waals surface area (Å²) < 4.78 is 10.9. The van der Waals surface area contributed by atoms with E-state index in [0.717, 1.165) is 0 Å². The first-order valence-electron chi connectivity index (χ1n) is 1.88. The van der Waals surface area contributed by atoms with Gasteiger partial charge in [0.05, 0.1) is 0 Å². The first-order chi connectivity index (χ1) is 3.31. The molecule has 0 aliphatic rings. The fraction of sp³-hybridized carbons (Fsp3) is 0.200. The molecular formula is C5H7FO. The van der Waals surface area contributed by atoms with Gasteiger partial charge < -0.3 is 0 Å². The van der Waals surface area contributed by atoms with Crippen LogP contribution in [0.15, 0.2) is 25.0 Å². The maximum Gasteiger partial charge on any atom is 0.145 e. The average Bonchev–Trinajstić information content (AvgIpc) is 1.68. The maximum absolute atomic E-state index is 10.9. The van der Waals surface area contributed by atoms with E-state index < -0.39 is 0 Å². The third-order valence-electron chi connectivity index (χ3n) is 0.481. The molecule has 0 saturated heterocycles. The predicted octanol–water partition coefficient (Wildman–Crippen LogP) is 1.98. The molecule has 0 N–H and O–H groups in total. The van der Waals surface area contributed by atoms with Crippen LogP contribution in [-0.4, -0.2) is 0 Å². The zero-order chi connectivity index (χ0) is 5.70. The summed E-state index contributed by atoms with van der Waals surface area (Å²) >= 11 is 0. The lowest BCUT2D eigenvalue weighted by Gasteiger charge is -1.88. The summed E-state index contributed by atoms with van der Waals surface area (Å²) in [6.45, 7) is 6.54. The van der Waals surface area contributed by atoms with Gasteiger partial charge in [-0.3, -0.25) is 4.94 Å². The van der Waals surface area contributed by atoms with Gasteiger partial charge in [0, 0.05) is 10.9 Å². The Bertz CT molecular complexity index is 78.1. The number of hydrogen-bond donors (Lipinski definition) is 0. The lowest BCUT2D eigenvalue weighted by Crippen LogP contribution is -1.73. The van der Waals surface area contributed by atoms with E-state index in [2.05, 4.69) is 18.1 Å². The molecule has 0 aromatic heterocycles. The summed E-state index contributed by atoms with van der Waals surface area (Å²) in [5.41, 5.74) is 0. The first-order valence-corrected chi connectivity index (χ1v) is 1.88. The molecule has 0 fully saturated rings. The SMILES string of the molecule is C=CCC(=C)OF. The minimum atomic E-state index is 0.0926. The Hall–Kier alpha value is -0.790. The van der Waals surface area contributed by atoms with E-state index in [9.17, 15) is 4.53 Å². The predicted molar refractivity (Wildman–Crippen MR) is 26.1 cm³/mol. The van der Waals surface area contributed by atoms with Crippen molar-refractivity contribution in [3.63, 3.8) is 0 Å². The summed E-state index contributed by atoms with van der Waals surface area (Å²) in [7, 11) is 0. The normalized spacial score (nSPS) is 7.57. The molecule has 0 atom stereocenters. The summed E-state index contributed by atoms with van der Waals surface area (Å²) in [4.78, 5) is 3.22. The van der Waals surface area contributed by atoms with Gasteiger partial charge in [-0.1, -0.05) is 12.7 Å². The summed E-state index contributed by atoms with van der Waals surface area (Å²) in [6, 6.07) is 0. The van der Waals surface area contributed by atoms with Crippen LogP contribution in [0.1, 0.15) is 6.42 Å². The molecule has 7 heavy (non-hydrogen) atoms. The van der Waals surface area contributed by atoms with E-state index in [0.29, 0.717) is 6.42 Å². The smallest absolute Gasteiger partial charge is 0.145 e. The quantitative estimate of drug-likeness (QED) is 0.391. The highest BCUT2D eigenvalue weighted by Gasteiger charge is 1.85. The van der Waals surface area contributed by atoms with Crippen molar-refractivity contribution in [3.05, 3.63) is 25.0 Å². The molecule has 0 radical (unpaired) electrons. The van der Waals surface area contributed by atoms with E-state index in [-0.39, 0.29) is 5.76 Å². The van der Waals surface area contributed by atoms with Crippen LogP contribution in [-0.2, 0) is 4.94 Å². The van der Waals surface area contributed by atoms with Gasteiger partial charge in [0.25, 0.3) is 0 Å². The summed E-state index contributed by atoms with van der Waals surface area (Å²) in [5.74, 6) is 0.0926. The standard InChI is InChI=1S/C5H7FO/c1-3-4-5(2)7-6/h3H,1-2,4H2. The molecule has 0 saturated carbocycles. The van der Waals surface area contributed by atoms with Gasteiger partial charge >= 0.3 is 0 Å². The molecule has 0 aliphatic heterocycles. The Morgan fingerprint density at radius 1 is 1.86 bits per heavy atom. The van der Waals surface area contributed by atoms with Gasteiger partial charge in [-0.2, -0.15) is 0 Å². The lowest BCUT2D eigenvalue weighted by atomic mass is 10.4. The monoisotopic (exact) mass is 102 g/mol. The third-order valence-corrected chi connectivity index (χ3v) is 0.481. The molecule has 1 nitrogen and oxygen atoms in total. The van der Waals surface area contributed by atoms with Crippen LogP contribution in [0.25, 0.3) is 0 Å². The molecule has 0 spiro atoms. The molecule has 0 bridgehead atoms. The molecule has 0 aromatic carbocycles. The van der Waals surface area contributed by atoms with E-state index in [1.165, 1.54) is 6.08 Å². The Labute approximate surface area is 42.0 Å². The van der Waals surface area contributed by atoms with Gasteiger partial charge in [0.1, 0.15) is 5.76 Å². The van der Waals surface area contributed by atoms with Crippen molar-refractivity contribution in [1.82, 2.24) is 0 Å². The van der Waals surface area contributed by atoms with Gasteiger partial charge in [-0.15, -0.1) is 6.58 Å². The van der Waals surface area contributed by atoms with Crippen molar-refractivity contribution < 1.29 is 9.47 Å². The number of allylic oxidation sites excluding steroid dienone is 1. The fourth-order valence-electron chi connectivity index (χ4n) is 0.192. The minimum Gasteiger partial charge on any atom is -0.299 e. The number of hydrogen-bond acceptors (Lipinski definition) is 1. The van der Waals surface area contributed by atoms with Crippen LogP contribution >= 0.6 is 0 Å². The van der Waals surface area contributed by atoms with Crippen LogP contribution < -0.4 is 0 Å². The number of halogens is 1. The largest absolute Gasteiger partial charge is 0.299 e. The average molecular weight is 102 g/mol. The highest BCUT2D eigenvalue weighted by Crippen LogP contribution is 1.98. The third kappa shape index (κ3) is 3.03. The van der Waals surface area contributed by atoms with E-state index in [4.69, 9.17) is 0 Å². The van der Waals surface area contributed by atoms with Gasteiger partial charge in [-0.25, -0.2) is 0 Å². The fourth-order valence-corrected chi connectivity index (χ4v) is 0.192. The van der Waals surface area contributed by atoms with E-state index in [1.54, 1.807) is 0 Å². The zero-order valence-electron chi connectivity index (χ0n) is 3.98. The highest BCUT2D eigenvalue weighted by atomic mass is 19.3. The van der Waals surface area contributed by atoms with Crippen molar-refractivity contribution in [2.24, 2.45) is 0 Å². The number of rotatable bonds is 3. The molecule has 0 heterocycles. The molecule has 0 rings (SSSR count). The molecule has 0 amide bonds. The Kier molecular flexibility index (Phi) is 3.02. The molecule has 40 valence electrons. The lowest BCUT2D eigenvalue weighted by molar-refractivity contribution is -0.0841. The maximum atomic E-state index is 10.9. The molecular weight excluding hydrogens is 95.1 g/mol. The van der Waals surface area contributed by atoms with E-state index in [1.807, 2.05) is 0 Å². The summed E-state index contributed by atoms with van der Waals surface area (Å²) in [6.07, 6.45) is 1.89. The van der Waals surface area contributed by atoms with Gasteiger partial charge in [-0.05, 0) is 0 Å². The van der Waals surface area contributed by atoms with Gasteiger partial charge in [0.15, 0.2) is 0 Å². The molecule has 2 heteroatoms. The second-order valence-electron chi connectivity index (χ2n) is 1.11. The minimum absolute atomic E-state index is 0.0926. The zero-order valence-corrected chi connectivity index (χ0v) is 3.98. The Morgan fingerprint density at radius 3 is 2.57 bits per heavy atom. The van der Waals surface area contributed by atoms with Crippen molar-refractivity contribution in [2.45, 2.75) is 6.42 Å². The van der Waals surface area contributed by atoms with Crippen molar-refractivity contribution in [1.29, 1.82) is 0 Å². The highest BCUT2D eigenvalue weighted by molar-refractivity contribution is 4.89. The molecule has 0 aliphatic carbocycles. The van der Waals surface area contributed by atoms with E-state index >= 15 is 0 Å². The van der Waals surface area contributed by atoms with Crippen molar-refractivity contribution >= 4 is 0 Å². The molecule has 0 aromatic rings. The van der Waals surface area contributed by atoms with Crippen molar-refractivity contribution in [2.75, 3.05) is 0 Å². The van der Waals surface area contributed by atoms with Crippen LogP contribution in [0.4, 0.5) is 4.53 Å². The second kappa shape index (κ2) is 3.40. The van der Waals surface area contributed by atoms with Crippen LogP contribution in [0.5, 0.6) is 0 Å². The van der Waals surface area contributed by atoms with Crippen LogP contribution in [0.3, 0.4) is 0 Å². The summed E-state index contributed by atoms with van der Waals surface area (Å²) in [5, 5.41) is 0. The Morgan fingerprint density at radius 2 is 2.43 bits per heavy atom. The Balaban J connectivity index is 3.17. The second-order valence-corrected chi connectivity index (χ2v) is 1.11. The van der Waals surface area contributed by atoms with Crippen molar-refractivity contribution in [3.8, 4) is 0 Å². The molecule has 0 unspecified atom stereocenters. The van der Waals surface area contributed by atoms with Gasteiger partial charge in [0.2, 0.25) is 0 Å². The first kappa shape index (κ1) is 6.21. The topological polar surface area (TPSA) is 9.23 Å². The van der Waals surface area contributed by atoms with Crippen LogP contribution in [0.2, 0.25) is 0 Å². The van der Waals surface area contributed by atoms with Crippen LogP contribution in [0, 0.1) is 0 Å².